The number of carbonyl (C=O) groups excluding carboxylic acids is 1. The van der Waals surface area contributed by atoms with Gasteiger partial charge in [-0.1, -0.05) is 6.07 Å². The molecule has 0 spiro atoms. The van der Waals surface area contributed by atoms with E-state index in [1.807, 2.05) is 42.9 Å². The van der Waals surface area contributed by atoms with Crippen LogP contribution in [0.2, 0.25) is 0 Å². The first-order chi connectivity index (χ1) is 10.1. The van der Waals surface area contributed by atoms with Gasteiger partial charge in [-0.25, -0.2) is 0 Å². The van der Waals surface area contributed by atoms with Gasteiger partial charge in [0.05, 0.1) is 22.8 Å². The molecule has 0 atom stereocenters. The van der Waals surface area contributed by atoms with Gasteiger partial charge >= 0.3 is 0 Å². The van der Waals surface area contributed by atoms with Gasteiger partial charge in [0, 0.05) is 25.7 Å². The molecule has 1 amide bonds. The Morgan fingerprint density at radius 1 is 1.43 bits per heavy atom. The molecule has 0 unspecified atom stereocenters. The molecule has 3 aromatic rings. The molecule has 6 heteroatoms. The molecule has 0 N–H and O–H groups in total. The molecule has 0 saturated heterocycles. The van der Waals surface area contributed by atoms with E-state index in [4.69, 9.17) is 0 Å². The number of aromatic nitrogens is 3. The van der Waals surface area contributed by atoms with E-state index in [0.29, 0.717) is 6.54 Å². The molecular weight excluding hydrogens is 284 g/mol. The summed E-state index contributed by atoms with van der Waals surface area (Å²) < 4.78 is 1.82. The molecule has 0 aliphatic carbocycles. The Morgan fingerprint density at radius 2 is 2.24 bits per heavy atom. The van der Waals surface area contributed by atoms with E-state index in [0.717, 1.165) is 26.5 Å². The van der Waals surface area contributed by atoms with Crippen molar-refractivity contribution >= 4 is 27.5 Å². The van der Waals surface area contributed by atoms with Gasteiger partial charge in [0.1, 0.15) is 4.83 Å². The van der Waals surface area contributed by atoms with Gasteiger partial charge in [0.25, 0.3) is 5.91 Å². The summed E-state index contributed by atoms with van der Waals surface area (Å²) >= 11 is 1.48. The van der Waals surface area contributed by atoms with Gasteiger partial charge in [-0.15, -0.1) is 11.3 Å². The number of fused-ring (bicyclic) bond motifs is 1. The van der Waals surface area contributed by atoms with Crippen LogP contribution in [-0.4, -0.2) is 32.6 Å². The monoisotopic (exact) mass is 300 g/mol. The number of hydrogen-bond donors (Lipinski definition) is 0. The van der Waals surface area contributed by atoms with Crippen LogP contribution in [0.25, 0.3) is 10.2 Å². The van der Waals surface area contributed by atoms with Crippen molar-refractivity contribution in [3.05, 3.63) is 46.7 Å². The van der Waals surface area contributed by atoms with Crippen molar-refractivity contribution in [2.75, 3.05) is 7.05 Å². The minimum absolute atomic E-state index is 0.0150. The number of thiophene rings is 1. The number of rotatable bonds is 3. The zero-order valence-corrected chi connectivity index (χ0v) is 13.0. The maximum absolute atomic E-state index is 12.5. The third kappa shape index (κ3) is 2.54. The maximum Gasteiger partial charge on any atom is 0.264 e. The number of carbonyl (C=O) groups is 1. The highest BCUT2D eigenvalue weighted by molar-refractivity contribution is 7.20. The molecule has 3 aromatic heterocycles. The van der Waals surface area contributed by atoms with Crippen molar-refractivity contribution in [2.45, 2.75) is 13.5 Å². The normalized spacial score (nSPS) is 11.0. The van der Waals surface area contributed by atoms with Gasteiger partial charge < -0.3 is 4.90 Å². The summed E-state index contributed by atoms with van der Waals surface area (Å²) in [6.45, 7) is 2.46. The van der Waals surface area contributed by atoms with Crippen LogP contribution in [0, 0.1) is 6.92 Å². The number of aryl methyl sites for hydroxylation is 2. The average molecular weight is 300 g/mol. The molecule has 3 heterocycles. The SMILES string of the molecule is Cc1nn(C)c2sc(C(=O)N(C)Cc3ccccn3)cc12. The molecule has 5 nitrogen and oxygen atoms in total. The second-order valence-corrected chi connectivity index (χ2v) is 6.05. The third-order valence-electron chi connectivity index (χ3n) is 3.38. The van der Waals surface area contributed by atoms with Gasteiger partial charge in [0.15, 0.2) is 0 Å². The van der Waals surface area contributed by atoms with Gasteiger partial charge in [-0.3, -0.25) is 14.5 Å². The molecule has 108 valence electrons. The fraction of sp³-hybridized carbons (Fsp3) is 0.267. The smallest absolute Gasteiger partial charge is 0.264 e. The van der Waals surface area contributed by atoms with E-state index in [9.17, 15) is 4.79 Å². The number of nitrogens with zero attached hydrogens (tertiary/aromatic N) is 4. The summed E-state index contributed by atoms with van der Waals surface area (Å²) in [5.41, 5.74) is 1.84. The van der Waals surface area contributed by atoms with E-state index in [1.54, 1.807) is 18.1 Å². The first-order valence-electron chi connectivity index (χ1n) is 6.65. The summed E-state index contributed by atoms with van der Waals surface area (Å²) in [5.74, 6) is 0.0150. The lowest BCUT2D eigenvalue weighted by molar-refractivity contribution is 0.0788. The van der Waals surface area contributed by atoms with Crippen molar-refractivity contribution in [2.24, 2.45) is 7.05 Å². The topological polar surface area (TPSA) is 51.0 Å². The molecule has 3 rings (SSSR count). The third-order valence-corrected chi connectivity index (χ3v) is 4.57. The second-order valence-electron chi connectivity index (χ2n) is 5.02. The van der Waals surface area contributed by atoms with Crippen LogP contribution in [0.15, 0.2) is 30.5 Å². The molecule has 0 aromatic carbocycles. The van der Waals surface area contributed by atoms with Crippen LogP contribution in [0.3, 0.4) is 0 Å². The van der Waals surface area contributed by atoms with Crippen molar-refractivity contribution < 1.29 is 4.79 Å². The van der Waals surface area contributed by atoms with Crippen molar-refractivity contribution in [3.8, 4) is 0 Å². The Hall–Kier alpha value is -2.21. The molecular formula is C15H16N4OS. The number of pyridine rings is 1. The van der Waals surface area contributed by atoms with Crippen molar-refractivity contribution in [3.63, 3.8) is 0 Å². The molecule has 0 radical (unpaired) electrons. The van der Waals surface area contributed by atoms with E-state index >= 15 is 0 Å². The summed E-state index contributed by atoms with van der Waals surface area (Å²) in [6.07, 6.45) is 1.74. The van der Waals surface area contributed by atoms with Gasteiger partial charge in [-0.05, 0) is 25.1 Å². The molecule has 0 aliphatic rings. The molecule has 21 heavy (non-hydrogen) atoms. The maximum atomic E-state index is 12.5. The zero-order chi connectivity index (χ0) is 15.0. The van der Waals surface area contributed by atoms with E-state index in [1.165, 1.54) is 11.3 Å². The zero-order valence-electron chi connectivity index (χ0n) is 12.2. The van der Waals surface area contributed by atoms with Crippen LogP contribution >= 0.6 is 11.3 Å². The molecule has 0 aliphatic heterocycles. The lowest BCUT2D eigenvalue weighted by atomic mass is 10.3. The number of hydrogen-bond acceptors (Lipinski definition) is 4. The van der Waals surface area contributed by atoms with E-state index < -0.39 is 0 Å². The van der Waals surface area contributed by atoms with Gasteiger partial charge in [0.2, 0.25) is 0 Å². The van der Waals surface area contributed by atoms with Crippen LogP contribution in [0.1, 0.15) is 21.1 Å². The minimum atomic E-state index is 0.0150. The Morgan fingerprint density at radius 3 is 2.90 bits per heavy atom. The van der Waals surface area contributed by atoms with Crippen LogP contribution in [0.5, 0.6) is 0 Å². The van der Waals surface area contributed by atoms with Crippen LogP contribution in [-0.2, 0) is 13.6 Å². The van der Waals surface area contributed by atoms with Crippen molar-refractivity contribution in [1.82, 2.24) is 19.7 Å². The fourth-order valence-electron chi connectivity index (χ4n) is 2.31. The largest absolute Gasteiger partial charge is 0.335 e. The molecule has 0 fully saturated rings. The van der Waals surface area contributed by atoms with Crippen molar-refractivity contribution in [1.29, 1.82) is 0 Å². The van der Waals surface area contributed by atoms with E-state index in [2.05, 4.69) is 10.1 Å². The lowest BCUT2D eigenvalue weighted by Crippen LogP contribution is -2.25. The minimum Gasteiger partial charge on any atom is -0.335 e. The molecule has 0 saturated carbocycles. The van der Waals surface area contributed by atoms with Gasteiger partial charge in [-0.2, -0.15) is 5.10 Å². The summed E-state index contributed by atoms with van der Waals surface area (Å²) in [5, 5.41) is 5.41. The van der Waals surface area contributed by atoms with E-state index in [-0.39, 0.29) is 5.91 Å². The molecule has 0 bridgehead atoms. The highest BCUT2D eigenvalue weighted by Crippen LogP contribution is 2.28. The Kier molecular flexibility index (Phi) is 3.47. The standard InChI is InChI=1S/C15H16N4OS/c1-10-12-8-13(21-15(12)19(3)17-10)14(20)18(2)9-11-6-4-5-7-16-11/h4-8H,9H2,1-3H3. The second kappa shape index (κ2) is 5.29. The predicted octanol–water partition coefficient (Wildman–Crippen LogP) is 2.61. The highest BCUT2D eigenvalue weighted by atomic mass is 32.1. The Labute approximate surface area is 126 Å². The average Bonchev–Trinajstić information content (AvgIpc) is 3.02. The Bertz CT molecular complexity index is 756. The first-order valence-corrected chi connectivity index (χ1v) is 7.46. The summed E-state index contributed by atoms with van der Waals surface area (Å²) in [7, 11) is 3.70. The highest BCUT2D eigenvalue weighted by Gasteiger charge is 2.18. The summed E-state index contributed by atoms with van der Waals surface area (Å²) in [4.78, 5) is 20.2. The van der Waals surface area contributed by atoms with Crippen LogP contribution < -0.4 is 0 Å². The van der Waals surface area contributed by atoms with Crippen LogP contribution in [0.4, 0.5) is 0 Å². The Balaban J connectivity index is 1.84. The quantitative estimate of drug-likeness (QED) is 0.747. The number of amides is 1. The lowest BCUT2D eigenvalue weighted by Gasteiger charge is -2.15. The predicted molar refractivity (Wildman–Crippen MR) is 83.4 cm³/mol. The fourth-order valence-corrected chi connectivity index (χ4v) is 3.42. The first kappa shape index (κ1) is 13.8. The summed E-state index contributed by atoms with van der Waals surface area (Å²) in [6, 6.07) is 7.64.